The third-order valence-electron chi connectivity index (χ3n) is 2.01. The molecule has 0 aliphatic rings. The van der Waals surface area contributed by atoms with E-state index in [0.717, 1.165) is 19.4 Å². The number of hydrogen-bond acceptors (Lipinski definition) is 3. The molecule has 15 heavy (non-hydrogen) atoms. The van der Waals surface area contributed by atoms with Crippen LogP contribution in [0.15, 0.2) is 0 Å². The number of unbranched alkanes of at least 4 members (excludes halogenated alkanes) is 1. The van der Waals surface area contributed by atoms with Gasteiger partial charge in [0.25, 0.3) is 0 Å². The lowest BCUT2D eigenvalue weighted by Gasteiger charge is -2.20. The molecule has 0 atom stereocenters. The average Bonchev–Trinajstić information content (AvgIpc) is 2.20. The van der Waals surface area contributed by atoms with E-state index in [-0.39, 0.29) is 19.0 Å². The first-order valence-corrected chi connectivity index (χ1v) is 5.38. The number of carbonyl (C=O) groups is 2. The smallest absolute Gasteiger partial charge is 0.237 e. The van der Waals surface area contributed by atoms with Crippen molar-refractivity contribution < 1.29 is 9.59 Å². The van der Waals surface area contributed by atoms with Crippen LogP contribution >= 0.6 is 0 Å². The van der Waals surface area contributed by atoms with Crippen LogP contribution < -0.4 is 11.1 Å². The summed E-state index contributed by atoms with van der Waals surface area (Å²) in [6, 6.07) is 0. The quantitative estimate of drug-likeness (QED) is 0.584. The summed E-state index contributed by atoms with van der Waals surface area (Å²) < 4.78 is 0. The van der Waals surface area contributed by atoms with Crippen LogP contribution in [0.1, 0.15) is 26.7 Å². The van der Waals surface area contributed by atoms with Gasteiger partial charge in [0.2, 0.25) is 11.8 Å². The summed E-state index contributed by atoms with van der Waals surface area (Å²) in [7, 11) is 0. The Bertz CT molecular complexity index is 207. The summed E-state index contributed by atoms with van der Waals surface area (Å²) in [5, 5.41) is 2.93. The molecule has 5 heteroatoms. The first-order chi connectivity index (χ1) is 7.11. The van der Waals surface area contributed by atoms with E-state index in [1.54, 1.807) is 0 Å². The highest BCUT2D eigenvalue weighted by atomic mass is 16.2. The van der Waals surface area contributed by atoms with Gasteiger partial charge in [-0.05, 0) is 13.0 Å². The van der Waals surface area contributed by atoms with E-state index in [2.05, 4.69) is 5.32 Å². The van der Waals surface area contributed by atoms with Gasteiger partial charge in [0.15, 0.2) is 0 Å². The lowest BCUT2D eigenvalue weighted by Crippen LogP contribution is -2.43. The van der Waals surface area contributed by atoms with Crippen LogP contribution in [-0.4, -0.2) is 42.9 Å². The molecule has 5 nitrogen and oxygen atoms in total. The zero-order valence-electron chi connectivity index (χ0n) is 9.58. The second-order valence-corrected chi connectivity index (χ2v) is 3.42. The zero-order valence-corrected chi connectivity index (χ0v) is 9.58. The van der Waals surface area contributed by atoms with E-state index in [4.69, 9.17) is 5.73 Å². The van der Waals surface area contributed by atoms with E-state index >= 15 is 0 Å². The predicted molar refractivity (Wildman–Crippen MR) is 59.2 cm³/mol. The maximum absolute atomic E-state index is 11.6. The highest BCUT2D eigenvalue weighted by molar-refractivity contribution is 5.84. The van der Waals surface area contributed by atoms with Crippen LogP contribution in [0.3, 0.4) is 0 Å². The number of nitrogens with one attached hydrogen (secondary N) is 1. The van der Waals surface area contributed by atoms with Crippen molar-refractivity contribution >= 4 is 11.8 Å². The summed E-state index contributed by atoms with van der Waals surface area (Å²) in [6.07, 6.45) is 1.88. The Morgan fingerprint density at radius 1 is 1.33 bits per heavy atom. The summed E-state index contributed by atoms with van der Waals surface area (Å²) in [5.41, 5.74) is 5.08. The first kappa shape index (κ1) is 13.9. The Hall–Kier alpha value is -1.10. The molecule has 2 amide bonds. The monoisotopic (exact) mass is 215 g/mol. The second-order valence-electron chi connectivity index (χ2n) is 3.42. The van der Waals surface area contributed by atoms with Gasteiger partial charge in [-0.1, -0.05) is 20.3 Å². The number of carbonyl (C=O) groups excluding carboxylic acids is 2. The fraction of sp³-hybridized carbons (Fsp3) is 0.800. The van der Waals surface area contributed by atoms with E-state index < -0.39 is 5.91 Å². The lowest BCUT2D eigenvalue weighted by molar-refractivity contribution is -0.134. The molecule has 0 aliphatic carbocycles. The molecule has 0 rings (SSSR count). The van der Waals surface area contributed by atoms with Crippen LogP contribution in [0, 0.1) is 0 Å². The highest BCUT2D eigenvalue weighted by Crippen LogP contribution is 1.95. The van der Waals surface area contributed by atoms with Gasteiger partial charge >= 0.3 is 0 Å². The Kier molecular flexibility index (Phi) is 7.62. The molecule has 0 aromatic heterocycles. The summed E-state index contributed by atoms with van der Waals surface area (Å²) >= 11 is 0. The number of likely N-dealkylation sites (N-methyl/N-ethyl adjacent to an activating group) is 1. The number of rotatable bonds is 8. The number of amides is 2. The lowest BCUT2D eigenvalue weighted by atomic mass is 10.3. The fourth-order valence-electron chi connectivity index (χ4n) is 1.17. The van der Waals surface area contributed by atoms with Crippen molar-refractivity contribution in [3.8, 4) is 0 Å². The summed E-state index contributed by atoms with van der Waals surface area (Å²) in [4.78, 5) is 23.9. The van der Waals surface area contributed by atoms with Gasteiger partial charge in [-0.15, -0.1) is 0 Å². The van der Waals surface area contributed by atoms with Crippen molar-refractivity contribution in [2.45, 2.75) is 26.7 Å². The molecule has 88 valence electrons. The van der Waals surface area contributed by atoms with Crippen LogP contribution in [0.25, 0.3) is 0 Å². The summed E-state index contributed by atoms with van der Waals surface area (Å²) in [5.74, 6) is -0.528. The molecule has 3 N–H and O–H groups in total. The largest absolute Gasteiger partial charge is 0.368 e. The molecule has 0 saturated heterocycles. The Labute approximate surface area is 91.0 Å². The average molecular weight is 215 g/mol. The molecule has 0 unspecified atom stereocenters. The molecule has 0 aromatic carbocycles. The molecule has 0 spiro atoms. The van der Waals surface area contributed by atoms with Crippen LogP contribution in [0.4, 0.5) is 0 Å². The molecule has 0 aliphatic heterocycles. The van der Waals surface area contributed by atoms with Crippen molar-refractivity contribution in [3.05, 3.63) is 0 Å². The molecular weight excluding hydrogens is 194 g/mol. The maximum atomic E-state index is 11.6. The molecule has 0 fully saturated rings. The van der Waals surface area contributed by atoms with Crippen molar-refractivity contribution in [1.29, 1.82) is 0 Å². The van der Waals surface area contributed by atoms with E-state index in [1.807, 2.05) is 13.8 Å². The number of nitrogens with two attached hydrogens (primary N) is 1. The normalized spacial score (nSPS) is 10.0. The zero-order chi connectivity index (χ0) is 11.7. The van der Waals surface area contributed by atoms with Crippen molar-refractivity contribution in [3.63, 3.8) is 0 Å². The van der Waals surface area contributed by atoms with Gasteiger partial charge < -0.3 is 16.0 Å². The molecular formula is C10H21N3O2. The maximum Gasteiger partial charge on any atom is 0.237 e. The second kappa shape index (κ2) is 8.23. The Morgan fingerprint density at radius 2 is 2.00 bits per heavy atom. The molecule has 0 radical (unpaired) electrons. The Morgan fingerprint density at radius 3 is 2.47 bits per heavy atom. The standard InChI is InChI=1S/C10H21N3O2/c1-3-5-6-13(8-9(11)14)10(15)7-12-4-2/h12H,3-8H2,1-2H3,(H2,11,14). The molecule has 0 saturated carbocycles. The molecule has 0 bridgehead atoms. The minimum Gasteiger partial charge on any atom is -0.368 e. The van der Waals surface area contributed by atoms with Gasteiger partial charge in [0, 0.05) is 6.54 Å². The van der Waals surface area contributed by atoms with Crippen molar-refractivity contribution in [2.24, 2.45) is 5.73 Å². The minimum atomic E-state index is -0.462. The molecule has 0 heterocycles. The van der Waals surface area contributed by atoms with E-state index in [9.17, 15) is 9.59 Å². The van der Waals surface area contributed by atoms with Gasteiger partial charge in [-0.3, -0.25) is 9.59 Å². The fourth-order valence-corrected chi connectivity index (χ4v) is 1.17. The predicted octanol–water partition coefficient (Wildman–Crippen LogP) is -0.290. The highest BCUT2D eigenvalue weighted by Gasteiger charge is 2.13. The van der Waals surface area contributed by atoms with E-state index in [0.29, 0.717) is 6.54 Å². The van der Waals surface area contributed by atoms with Gasteiger partial charge in [-0.25, -0.2) is 0 Å². The third-order valence-corrected chi connectivity index (χ3v) is 2.01. The summed E-state index contributed by atoms with van der Waals surface area (Å²) in [6.45, 7) is 5.60. The topological polar surface area (TPSA) is 75.4 Å². The minimum absolute atomic E-state index is 0.0181. The number of hydrogen-bond donors (Lipinski definition) is 2. The van der Waals surface area contributed by atoms with E-state index in [1.165, 1.54) is 4.90 Å². The van der Waals surface area contributed by atoms with Gasteiger partial charge in [0.1, 0.15) is 0 Å². The van der Waals surface area contributed by atoms with Gasteiger partial charge in [0.05, 0.1) is 13.1 Å². The first-order valence-electron chi connectivity index (χ1n) is 5.38. The van der Waals surface area contributed by atoms with Crippen LogP contribution in [0.5, 0.6) is 0 Å². The van der Waals surface area contributed by atoms with Crippen molar-refractivity contribution in [2.75, 3.05) is 26.2 Å². The van der Waals surface area contributed by atoms with Crippen molar-refractivity contribution in [1.82, 2.24) is 10.2 Å². The molecule has 0 aromatic rings. The van der Waals surface area contributed by atoms with Crippen LogP contribution in [0.2, 0.25) is 0 Å². The number of nitrogens with zero attached hydrogens (tertiary/aromatic N) is 1. The van der Waals surface area contributed by atoms with Crippen LogP contribution in [-0.2, 0) is 9.59 Å². The SMILES string of the molecule is CCCCN(CC(N)=O)C(=O)CNCC. The Balaban J connectivity index is 4.07. The van der Waals surface area contributed by atoms with Gasteiger partial charge in [-0.2, -0.15) is 0 Å². The number of primary amides is 1. The third kappa shape index (κ3) is 6.90.